The van der Waals surface area contributed by atoms with Gasteiger partial charge in [-0.05, 0) is 68.0 Å². The minimum absolute atomic E-state index is 0.155. The second kappa shape index (κ2) is 10.2. The molecule has 2 rings (SSSR count). The van der Waals surface area contributed by atoms with Gasteiger partial charge in [-0.3, -0.25) is 0 Å². The van der Waals surface area contributed by atoms with Crippen molar-refractivity contribution in [1.29, 1.82) is 0 Å². The van der Waals surface area contributed by atoms with Gasteiger partial charge >= 0.3 is 0 Å². The van der Waals surface area contributed by atoms with E-state index in [1.807, 2.05) is 27.7 Å². The highest BCUT2D eigenvalue weighted by Crippen LogP contribution is 2.19. The van der Waals surface area contributed by atoms with Crippen LogP contribution in [0.2, 0.25) is 0 Å². The summed E-state index contributed by atoms with van der Waals surface area (Å²) < 4.78 is 12.3. The van der Waals surface area contributed by atoms with Crippen molar-refractivity contribution in [3.05, 3.63) is 70.0 Å². The van der Waals surface area contributed by atoms with Crippen molar-refractivity contribution in [2.75, 3.05) is 0 Å². The summed E-state index contributed by atoms with van der Waals surface area (Å²) in [6, 6.07) is 11.4. The Morgan fingerprint density at radius 1 is 0.727 bits per heavy atom. The Balaban J connectivity index is 0.000000366. The molecule has 0 N–H and O–H groups in total. The quantitative estimate of drug-likeness (QED) is 0.537. The first kappa shape index (κ1) is 20.4. The molecule has 22 heavy (non-hydrogen) atoms. The van der Waals surface area contributed by atoms with Crippen LogP contribution in [0.25, 0.3) is 0 Å². The summed E-state index contributed by atoms with van der Waals surface area (Å²) in [5.74, 6) is 0.494. The molecule has 0 amide bonds. The second-order valence-electron chi connectivity index (χ2n) is 5.74. The molecular formula is C21H31F. The Kier molecular flexibility index (Phi) is 9.40. The Morgan fingerprint density at radius 3 is 1.68 bits per heavy atom. The summed E-state index contributed by atoms with van der Waals surface area (Å²) in [6.07, 6.45) is 0. The fourth-order valence-corrected chi connectivity index (χ4v) is 2.09. The minimum atomic E-state index is -0.155. The van der Waals surface area contributed by atoms with E-state index in [4.69, 9.17) is 0 Å². The van der Waals surface area contributed by atoms with Gasteiger partial charge in [0.05, 0.1) is 0 Å². The van der Waals surface area contributed by atoms with Gasteiger partial charge in [0.15, 0.2) is 0 Å². The van der Waals surface area contributed by atoms with Crippen LogP contribution in [-0.2, 0) is 0 Å². The molecule has 2 aromatic rings. The van der Waals surface area contributed by atoms with E-state index in [9.17, 15) is 4.39 Å². The van der Waals surface area contributed by atoms with Crippen molar-refractivity contribution in [1.82, 2.24) is 0 Å². The molecule has 0 bridgehead atoms. The molecule has 2 aromatic carbocycles. The van der Waals surface area contributed by atoms with Crippen LogP contribution in [0.3, 0.4) is 0 Å². The number of halogens is 1. The third kappa shape index (κ3) is 6.89. The lowest BCUT2D eigenvalue weighted by Gasteiger charge is -2.09. The molecule has 122 valence electrons. The highest BCUT2D eigenvalue weighted by Gasteiger charge is 2.01. The highest BCUT2D eigenvalue weighted by atomic mass is 19.1. The molecule has 0 unspecified atom stereocenters. The van der Waals surface area contributed by atoms with Gasteiger partial charge in [-0.25, -0.2) is 4.39 Å². The van der Waals surface area contributed by atoms with Gasteiger partial charge in [0.1, 0.15) is 5.82 Å². The maximum absolute atomic E-state index is 12.3. The largest absolute Gasteiger partial charge is 0.207 e. The van der Waals surface area contributed by atoms with Gasteiger partial charge in [-0.15, -0.1) is 0 Å². The van der Waals surface area contributed by atoms with Gasteiger partial charge < -0.3 is 0 Å². The predicted octanol–water partition coefficient (Wildman–Crippen LogP) is 6.90. The zero-order chi connectivity index (χ0) is 17.3. The number of hydrogen-bond donors (Lipinski definition) is 0. The van der Waals surface area contributed by atoms with Gasteiger partial charge in [0.2, 0.25) is 0 Å². The molecule has 0 aliphatic heterocycles. The predicted molar refractivity (Wildman–Crippen MR) is 97.2 cm³/mol. The lowest BCUT2D eigenvalue weighted by molar-refractivity contribution is 0.626. The second-order valence-corrected chi connectivity index (χ2v) is 5.74. The first-order chi connectivity index (χ1) is 10.3. The number of aryl methyl sites for hydroxylation is 4. The van der Waals surface area contributed by atoms with Crippen molar-refractivity contribution in [2.24, 2.45) is 0 Å². The molecule has 0 atom stereocenters. The van der Waals surface area contributed by atoms with Crippen molar-refractivity contribution in [2.45, 2.75) is 61.3 Å². The van der Waals surface area contributed by atoms with E-state index >= 15 is 0 Å². The average Bonchev–Trinajstić information content (AvgIpc) is 2.48. The Hall–Kier alpha value is -1.63. The molecule has 0 aromatic heterocycles. The lowest BCUT2D eigenvalue weighted by atomic mass is 9.96. The van der Waals surface area contributed by atoms with Crippen LogP contribution in [0.15, 0.2) is 36.4 Å². The van der Waals surface area contributed by atoms with E-state index in [0.717, 1.165) is 11.1 Å². The normalized spacial score (nSPS) is 9.55. The molecule has 1 heteroatoms. The lowest BCUT2D eigenvalue weighted by Crippen LogP contribution is -1.91. The van der Waals surface area contributed by atoms with Crippen LogP contribution in [-0.4, -0.2) is 0 Å². The third-order valence-corrected chi connectivity index (χ3v) is 3.53. The van der Waals surface area contributed by atoms with E-state index in [1.54, 1.807) is 6.07 Å². The third-order valence-electron chi connectivity index (χ3n) is 3.53. The molecule has 0 radical (unpaired) electrons. The first-order valence-corrected chi connectivity index (χ1v) is 8.11. The smallest absolute Gasteiger partial charge is 0.123 e. The van der Waals surface area contributed by atoms with Crippen molar-refractivity contribution < 1.29 is 4.39 Å². The molecule has 0 heterocycles. The van der Waals surface area contributed by atoms with Gasteiger partial charge in [-0.2, -0.15) is 0 Å². The molecule has 0 saturated heterocycles. The maximum atomic E-state index is 12.3. The van der Waals surface area contributed by atoms with Gasteiger partial charge in [-0.1, -0.05) is 57.5 Å². The van der Waals surface area contributed by atoms with Crippen LogP contribution < -0.4 is 0 Å². The SMILES string of the molecule is CC.Cc1ccc(C)c(C(C)C)c1.Cc1ccc(F)cc1C. The van der Waals surface area contributed by atoms with Gasteiger partial charge in [0, 0.05) is 0 Å². The van der Waals surface area contributed by atoms with E-state index in [0.29, 0.717) is 5.92 Å². The molecule has 0 saturated carbocycles. The number of rotatable bonds is 1. The average molecular weight is 302 g/mol. The van der Waals surface area contributed by atoms with Crippen molar-refractivity contribution in [3.8, 4) is 0 Å². The minimum Gasteiger partial charge on any atom is -0.207 e. The summed E-state index contributed by atoms with van der Waals surface area (Å²) in [5, 5.41) is 0. The Morgan fingerprint density at radius 2 is 1.27 bits per heavy atom. The molecule has 0 aliphatic rings. The standard InChI is InChI=1S/C11H16.C8H9F.C2H6/c1-8(2)11-7-9(3)5-6-10(11)4;1-6-3-4-8(9)5-7(6)2;1-2/h5-8H,1-4H3;3-5H,1-2H3;1-2H3. The summed E-state index contributed by atoms with van der Waals surface area (Å²) >= 11 is 0. The summed E-state index contributed by atoms with van der Waals surface area (Å²) in [4.78, 5) is 0. The first-order valence-electron chi connectivity index (χ1n) is 8.11. The zero-order valence-electron chi connectivity index (χ0n) is 15.4. The van der Waals surface area contributed by atoms with Crippen LogP contribution in [0, 0.1) is 33.5 Å². The molecule has 0 nitrogen and oxygen atoms in total. The monoisotopic (exact) mass is 302 g/mol. The van der Waals surface area contributed by atoms with Crippen LogP contribution in [0.1, 0.15) is 61.4 Å². The molecule has 0 fully saturated rings. The fraction of sp³-hybridized carbons (Fsp3) is 0.429. The van der Waals surface area contributed by atoms with Crippen LogP contribution in [0.4, 0.5) is 4.39 Å². The molecular weight excluding hydrogens is 271 g/mol. The Labute approximate surface area is 136 Å². The van der Waals surface area contributed by atoms with Crippen LogP contribution >= 0.6 is 0 Å². The van der Waals surface area contributed by atoms with E-state index in [1.165, 1.54) is 28.8 Å². The van der Waals surface area contributed by atoms with E-state index in [2.05, 4.69) is 45.9 Å². The van der Waals surface area contributed by atoms with E-state index in [-0.39, 0.29) is 5.82 Å². The summed E-state index contributed by atoms with van der Waals surface area (Å²) in [6.45, 7) is 16.7. The molecule has 0 aliphatic carbocycles. The van der Waals surface area contributed by atoms with Crippen molar-refractivity contribution in [3.63, 3.8) is 0 Å². The highest BCUT2D eigenvalue weighted by molar-refractivity contribution is 5.32. The van der Waals surface area contributed by atoms with E-state index < -0.39 is 0 Å². The fourth-order valence-electron chi connectivity index (χ4n) is 2.09. The van der Waals surface area contributed by atoms with Gasteiger partial charge in [0.25, 0.3) is 0 Å². The topological polar surface area (TPSA) is 0 Å². The maximum Gasteiger partial charge on any atom is 0.123 e. The summed E-state index contributed by atoms with van der Waals surface area (Å²) in [5.41, 5.74) is 6.39. The number of hydrogen-bond acceptors (Lipinski definition) is 0. The molecule has 0 spiro atoms. The zero-order valence-corrected chi connectivity index (χ0v) is 15.4. The summed E-state index contributed by atoms with van der Waals surface area (Å²) in [7, 11) is 0. The number of benzene rings is 2. The Bertz CT molecular complexity index is 568. The van der Waals surface area contributed by atoms with Crippen molar-refractivity contribution >= 4 is 0 Å². The van der Waals surface area contributed by atoms with Crippen LogP contribution in [0.5, 0.6) is 0 Å².